The van der Waals surface area contributed by atoms with Crippen molar-refractivity contribution in [2.45, 2.75) is 45.3 Å². The van der Waals surface area contributed by atoms with Crippen molar-refractivity contribution in [3.05, 3.63) is 0 Å². The van der Waals surface area contributed by atoms with Crippen LogP contribution in [0.25, 0.3) is 0 Å². The molecule has 5 heteroatoms. The van der Waals surface area contributed by atoms with Gasteiger partial charge in [-0.25, -0.2) is 0 Å². The maximum absolute atomic E-state index is 8.71. The average molecular weight is 273 g/mol. The molecule has 1 fully saturated rings. The third-order valence-electron chi connectivity index (χ3n) is 3.65. The smallest absolute Gasteiger partial charge is 0.144 e. The Bertz CT molecular complexity index is 281. The summed E-state index contributed by atoms with van der Waals surface area (Å²) in [4.78, 5) is 2.55. The van der Waals surface area contributed by atoms with Crippen LogP contribution in [0.5, 0.6) is 0 Å². The molecule has 4 nitrogen and oxygen atoms in total. The van der Waals surface area contributed by atoms with Crippen LogP contribution in [-0.4, -0.2) is 46.6 Å². The van der Waals surface area contributed by atoms with Gasteiger partial charge >= 0.3 is 0 Å². The van der Waals surface area contributed by atoms with Crippen molar-refractivity contribution in [3.63, 3.8) is 0 Å². The maximum atomic E-state index is 8.71. The number of unbranched alkanes of at least 4 members (excludes halogenated alkanes) is 1. The van der Waals surface area contributed by atoms with Gasteiger partial charge in [0.25, 0.3) is 0 Å². The lowest BCUT2D eigenvalue weighted by molar-refractivity contribution is 0.272. The van der Waals surface area contributed by atoms with Crippen LogP contribution >= 0.6 is 11.8 Å². The van der Waals surface area contributed by atoms with Crippen LogP contribution < -0.4 is 5.73 Å². The number of hydrogen-bond donors (Lipinski definition) is 2. The molecule has 1 rings (SSSR count). The van der Waals surface area contributed by atoms with Crippen LogP contribution in [-0.2, 0) is 0 Å². The largest absolute Gasteiger partial charge is 0.409 e. The molecule has 0 aliphatic carbocycles. The highest BCUT2D eigenvalue weighted by atomic mass is 32.2. The molecule has 1 saturated heterocycles. The fourth-order valence-corrected chi connectivity index (χ4v) is 3.34. The van der Waals surface area contributed by atoms with E-state index in [9.17, 15) is 0 Å². The Morgan fingerprint density at radius 1 is 1.50 bits per heavy atom. The fourth-order valence-electron chi connectivity index (χ4n) is 2.26. The number of nitrogens with two attached hydrogens (primary N) is 1. The van der Waals surface area contributed by atoms with E-state index in [0.29, 0.717) is 5.84 Å². The van der Waals surface area contributed by atoms with Crippen molar-refractivity contribution in [2.75, 3.05) is 25.4 Å². The number of amidine groups is 1. The van der Waals surface area contributed by atoms with Gasteiger partial charge in [0.2, 0.25) is 0 Å². The van der Waals surface area contributed by atoms with E-state index in [2.05, 4.69) is 28.7 Å². The topological polar surface area (TPSA) is 61.8 Å². The highest BCUT2D eigenvalue weighted by molar-refractivity contribution is 7.99. The van der Waals surface area contributed by atoms with E-state index in [0.717, 1.165) is 18.1 Å². The Balaban J connectivity index is 2.18. The van der Waals surface area contributed by atoms with Gasteiger partial charge in [-0.1, -0.05) is 32.3 Å². The van der Waals surface area contributed by atoms with E-state index < -0.39 is 0 Å². The van der Waals surface area contributed by atoms with Gasteiger partial charge in [0.05, 0.1) is 0 Å². The molecular weight excluding hydrogens is 246 g/mol. The summed E-state index contributed by atoms with van der Waals surface area (Å²) < 4.78 is 0. The van der Waals surface area contributed by atoms with Crippen molar-refractivity contribution in [1.29, 1.82) is 0 Å². The van der Waals surface area contributed by atoms with Crippen LogP contribution in [0.2, 0.25) is 0 Å². The van der Waals surface area contributed by atoms with Gasteiger partial charge < -0.3 is 15.8 Å². The van der Waals surface area contributed by atoms with Gasteiger partial charge in [-0.2, -0.15) is 11.8 Å². The van der Waals surface area contributed by atoms with E-state index in [4.69, 9.17) is 10.9 Å². The van der Waals surface area contributed by atoms with Crippen molar-refractivity contribution in [2.24, 2.45) is 16.3 Å². The SMILES string of the molecule is CC1CN(CCCCC(C)(C)C(N)=NO)CCS1. The summed E-state index contributed by atoms with van der Waals surface area (Å²) in [5.41, 5.74) is 5.49. The lowest BCUT2D eigenvalue weighted by Gasteiger charge is -2.30. The summed E-state index contributed by atoms with van der Waals surface area (Å²) in [6.45, 7) is 9.98. The van der Waals surface area contributed by atoms with E-state index in [1.807, 2.05) is 13.8 Å². The van der Waals surface area contributed by atoms with Gasteiger partial charge in [-0.05, 0) is 19.4 Å². The average Bonchev–Trinajstić information content (AvgIpc) is 2.33. The molecule has 1 aliphatic rings. The van der Waals surface area contributed by atoms with E-state index in [-0.39, 0.29) is 5.41 Å². The van der Waals surface area contributed by atoms with Crippen LogP contribution in [0, 0.1) is 5.41 Å². The third-order valence-corrected chi connectivity index (χ3v) is 4.79. The first-order valence-electron chi connectivity index (χ1n) is 6.77. The molecule has 1 aliphatic heterocycles. The van der Waals surface area contributed by atoms with E-state index in [1.54, 1.807) is 0 Å². The van der Waals surface area contributed by atoms with Crippen LogP contribution in [0.3, 0.4) is 0 Å². The summed E-state index contributed by atoms with van der Waals surface area (Å²) in [5.74, 6) is 1.60. The summed E-state index contributed by atoms with van der Waals surface area (Å²) in [5, 5.41) is 12.6. The predicted molar refractivity (Wildman–Crippen MR) is 79.4 cm³/mol. The lowest BCUT2D eigenvalue weighted by Crippen LogP contribution is -2.37. The van der Waals surface area contributed by atoms with Gasteiger partial charge in [-0.15, -0.1) is 0 Å². The van der Waals surface area contributed by atoms with Gasteiger partial charge in [0.15, 0.2) is 0 Å². The molecule has 0 aromatic heterocycles. The molecule has 18 heavy (non-hydrogen) atoms. The molecule has 0 amide bonds. The Morgan fingerprint density at radius 2 is 2.22 bits per heavy atom. The molecule has 0 aromatic rings. The molecular formula is C13H27N3OS. The molecule has 0 saturated carbocycles. The second-order valence-corrected chi connectivity index (χ2v) is 7.35. The first-order valence-corrected chi connectivity index (χ1v) is 7.82. The number of nitrogens with zero attached hydrogens (tertiary/aromatic N) is 2. The predicted octanol–water partition coefficient (Wildman–Crippen LogP) is 2.37. The highest BCUT2D eigenvalue weighted by Gasteiger charge is 2.23. The third kappa shape index (κ3) is 5.06. The van der Waals surface area contributed by atoms with Crippen LogP contribution in [0.1, 0.15) is 40.0 Å². The monoisotopic (exact) mass is 273 g/mol. The van der Waals surface area contributed by atoms with Gasteiger partial charge in [0.1, 0.15) is 5.84 Å². The fraction of sp³-hybridized carbons (Fsp3) is 0.923. The summed E-state index contributed by atoms with van der Waals surface area (Å²) >= 11 is 2.07. The molecule has 0 aromatic carbocycles. The lowest BCUT2D eigenvalue weighted by atomic mass is 9.86. The van der Waals surface area contributed by atoms with E-state index >= 15 is 0 Å². The Morgan fingerprint density at radius 3 is 2.83 bits per heavy atom. The molecule has 0 spiro atoms. The first kappa shape index (κ1) is 15.6. The highest BCUT2D eigenvalue weighted by Crippen LogP contribution is 2.24. The standard InChI is InChI=1S/C13H27N3OS/c1-11-10-16(8-9-18-11)7-5-4-6-13(2,3)12(14)15-17/h11,17H,4-10H2,1-3H3,(H2,14,15). The first-order chi connectivity index (χ1) is 8.45. The van der Waals surface area contributed by atoms with Crippen LogP contribution in [0.15, 0.2) is 5.16 Å². The number of oxime groups is 1. The van der Waals surface area contributed by atoms with Crippen molar-refractivity contribution in [1.82, 2.24) is 4.90 Å². The number of hydrogen-bond acceptors (Lipinski definition) is 4. The molecule has 1 heterocycles. The van der Waals surface area contributed by atoms with Crippen molar-refractivity contribution < 1.29 is 5.21 Å². The zero-order valence-corrected chi connectivity index (χ0v) is 12.7. The normalized spacial score (nSPS) is 23.3. The minimum atomic E-state index is -0.195. The zero-order chi connectivity index (χ0) is 13.6. The molecule has 106 valence electrons. The van der Waals surface area contributed by atoms with Gasteiger partial charge in [0, 0.05) is 29.5 Å². The molecule has 0 bridgehead atoms. The van der Waals surface area contributed by atoms with Gasteiger partial charge in [-0.3, -0.25) is 0 Å². The zero-order valence-electron chi connectivity index (χ0n) is 11.9. The molecule has 0 radical (unpaired) electrons. The summed E-state index contributed by atoms with van der Waals surface area (Å²) in [6.07, 6.45) is 3.29. The minimum absolute atomic E-state index is 0.195. The maximum Gasteiger partial charge on any atom is 0.144 e. The second-order valence-electron chi connectivity index (χ2n) is 5.81. The second kappa shape index (κ2) is 7.24. The summed E-state index contributed by atoms with van der Waals surface area (Å²) in [6, 6.07) is 0. The number of rotatable bonds is 6. The van der Waals surface area contributed by atoms with Crippen molar-refractivity contribution >= 4 is 17.6 Å². The Labute approximate surface area is 115 Å². The quantitative estimate of drug-likeness (QED) is 0.256. The molecule has 1 unspecified atom stereocenters. The minimum Gasteiger partial charge on any atom is -0.409 e. The van der Waals surface area contributed by atoms with E-state index in [1.165, 1.54) is 31.8 Å². The number of thioether (sulfide) groups is 1. The Kier molecular flexibility index (Phi) is 6.29. The summed E-state index contributed by atoms with van der Waals surface area (Å²) in [7, 11) is 0. The van der Waals surface area contributed by atoms with Crippen LogP contribution in [0.4, 0.5) is 0 Å². The Hall–Kier alpha value is -0.420. The molecule has 3 N–H and O–H groups in total. The molecule has 1 atom stereocenters. The van der Waals surface area contributed by atoms with Crippen molar-refractivity contribution in [3.8, 4) is 0 Å².